The second-order valence-corrected chi connectivity index (χ2v) is 6.16. The summed E-state index contributed by atoms with van der Waals surface area (Å²) < 4.78 is 0. The van der Waals surface area contributed by atoms with Crippen molar-refractivity contribution >= 4 is 5.82 Å². The van der Waals surface area contributed by atoms with Crippen LogP contribution in [-0.4, -0.2) is 35.6 Å². The molecule has 3 rings (SSSR count). The number of rotatable bonds is 3. The lowest BCUT2D eigenvalue weighted by atomic mass is 9.92. The zero-order chi connectivity index (χ0) is 13.9. The van der Waals surface area contributed by atoms with E-state index >= 15 is 0 Å². The van der Waals surface area contributed by atoms with Gasteiger partial charge in [-0.05, 0) is 58.9 Å². The van der Waals surface area contributed by atoms with Crippen LogP contribution in [0.25, 0.3) is 0 Å². The molecule has 0 spiro atoms. The van der Waals surface area contributed by atoms with Crippen LogP contribution in [0.4, 0.5) is 5.82 Å². The van der Waals surface area contributed by atoms with Gasteiger partial charge in [-0.25, -0.2) is 9.97 Å². The third-order valence-electron chi connectivity index (χ3n) is 4.96. The van der Waals surface area contributed by atoms with E-state index in [9.17, 15) is 0 Å². The van der Waals surface area contributed by atoms with E-state index in [1.54, 1.807) is 6.33 Å². The second kappa shape index (κ2) is 6.08. The molecule has 2 heterocycles. The standard InChI is InChI=1S/C16H26N4/c1-12(17-2)15-9-5-6-10-20(15)16-13-7-3-4-8-14(13)18-11-19-16/h11-12,15,17H,3-10H2,1-2H3. The van der Waals surface area contributed by atoms with Crippen molar-refractivity contribution in [3.05, 3.63) is 17.6 Å². The molecule has 0 radical (unpaired) electrons. The minimum atomic E-state index is 0.504. The van der Waals surface area contributed by atoms with Gasteiger partial charge in [-0.3, -0.25) is 0 Å². The Morgan fingerprint density at radius 1 is 1.20 bits per heavy atom. The van der Waals surface area contributed by atoms with Crippen LogP contribution in [-0.2, 0) is 12.8 Å². The molecule has 20 heavy (non-hydrogen) atoms. The molecular weight excluding hydrogens is 248 g/mol. The highest BCUT2D eigenvalue weighted by molar-refractivity contribution is 5.51. The summed E-state index contributed by atoms with van der Waals surface area (Å²) >= 11 is 0. The number of aryl methyl sites for hydroxylation is 1. The topological polar surface area (TPSA) is 41.0 Å². The summed E-state index contributed by atoms with van der Waals surface area (Å²) in [6.45, 7) is 3.43. The Labute approximate surface area is 122 Å². The number of nitrogens with zero attached hydrogens (tertiary/aromatic N) is 3. The molecule has 2 aliphatic rings. The smallest absolute Gasteiger partial charge is 0.135 e. The van der Waals surface area contributed by atoms with Crippen LogP contribution in [0.15, 0.2) is 6.33 Å². The number of anilines is 1. The van der Waals surface area contributed by atoms with Gasteiger partial charge in [0, 0.05) is 29.9 Å². The third-order valence-corrected chi connectivity index (χ3v) is 4.96. The van der Waals surface area contributed by atoms with E-state index in [-0.39, 0.29) is 0 Å². The first-order valence-corrected chi connectivity index (χ1v) is 8.08. The minimum absolute atomic E-state index is 0.504. The van der Waals surface area contributed by atoms with Crippen LogP contribution < -0.4 is 10.2 Å². The van der Waals surface area contributed by atoms with Gasteiger partial charge in [-0.15, -0.1) is 0 Å². The Morgan fingerprint density at radius 2 is 2.05 bits per heavy atom. The number of likely N-dealkylation sites (N-methyl/N-ethyl adjacent to an activating group) is 1. The molecule has 1 N–H and O–H groups in total. The lowest BCUT2D eigenvalue weighted by Crippen LogP contribution is -2.51. The fourth-order valence-electron chi connectivity index (χ4n) is 3.68. The van der Waals surface area contributed by atoms with E-state index in [0.717, 1.165) is 19.4 Å². The molecule has 1 saturated heterocycles. The Balaban J connectivity index is 1.93. The van der Waals surface area contributed by atoms with Gasteiger partial charge in [-0.2, -0.15) is 0 Å². The van der Waals surface area contributed by atoms with E-state index in [1.807, 2.05) is 0 Å². The zero-order valence-electron chi connectivity index (χ0n) is 12.7. The molecule has 1 aliphatic heterocycles. The molecule has 1 aromatic heterocycles. The van der Waals surface area contributed by atoms with E-state index in [1.165, 1.54) is 49.2 Å². The summed E-state index contributed by atoms with van der Waals surface area (Å²) in [5.74, 6) is 1.22. The average Bonchev–Trinajstić information content (AvgIpc) is 2.53. The van der Waals surface area contributed by atoms with Gasteiger partial charge in [0.05, 0.1) is 0 Å². The van der Waals surface area contributed by atoms with Crippen LogP contribution in [0.3, 0.4) is 0 Å². The molecule has 0 bridgehead atoms. The van der Waals surface area contributed by atoms with Crippen molar-refractivity contribution < 1.29 is 0 Å². The zero-order valence-corrected chi connectivity index (χ0v) is 12.7. The highest BCUT2D eigenvalue weighted by Gasteiger charge is 2.30. The van der Waals surface area contributed by atoms with Crippen molar-refractivity contribution in [2.75, 3.05) is 18.5 Å². The van der Waals surface area contributed by atoms with Gasteiger partial charge in [-0.1, -0.05) is 0 Å². The highest BCUT2D eigenvalue weighted by Crippen LogP contribution is 2.32. The van der Waals surface area contributed by atoms with Crippen molar-refractivity contribution in [3.8, 4) is 0 Å². The van der Waals surface area contributed by atoms with Crippen LogP contribution >= 0.6 is 0 Å². The average molecular weight is 274 g/mol. The lowest BCUT2D eigenvalue weighted by molar-refractivity contribution is 0.379. The van der Waals surface area contributed by atoms with Crippen molar-refractivity contribution in [1.82, 2.24) is 15.3 Å². The third kappa shape index (κ3) is 2.53. The number of piperidine rings is 1. The maximum Gasteiger partial charge on any atom is 0.135 e. The van der Waals surface area contributed by atoms with E-state index in [4.69, 9.17) is 0 Å². The molecule has 110 valence electrons. The SMILES string of the molecule is CNC(C)C1CCCCN1c1ncnc2c1CCCC2. The van der Waals surface area contributed by atoms with Crippen LogP contribution in [0, 0.1) is 0 Å². The number of aromatic nitrogens is 2. The fourth-order valence-corrected chi connectivity index (χ4v) is 3.68. The van der Waals surface area contributed by atoms with Gasteiger partial charge < -0.3 is 10.2 Å². The molecule has 1 aliphatic carbocycles. The molecule has 4 nitrogen and oxygen atoms in total. The number of nitrogens with one attached hydrogen (secondary N) is 1. The molecule has 4 heteroatoms. The van der Waals surface area contributed by atoms with Crippen molar-refractivity contribution in [3.63, 3.8) is 0 Å². The Morgan fingerprint density at radius 3 is 2.90 bits per heavy atom. The summed E-state index contributed by atoms with van der Waals surface area (Å²) in [6.07, 6.45) is 10.5. The lowest BCUT2D eigenvalue weighted by Gasteiger charge is -2.41. The van der Waals surface area contributed by atoms with E-state index < -0.39 is 0 Å². The maximum absolute atomic E-state index is 4.67. The predicted molar refractivity (Wildman–Crippen MR) is 82.2 cm³/mol. The van der Waals surface area contributed by atoms with E-state index in [2.05, 4.69) is 34.2 Å². The van der Waals surface area contributed by atoms with Crippen molar-refractivity contribution in [1.29, 1.82) is 0 Å². The van der Waals surface area contributed by atoms with Gasteiger partial charge in [0.15, 0.2) is 0 Å². The van der Waals surface area contributed by atoms with Crippen LogP contribution in [0.5, 0.6) is 0 Å². The molecule has 2 atom stereocenters. The molecule has 1 aromatic rings. The molecule has 0 saturated carbocycles. The summed E-state index contributed by atoms with van der Waals surface area (Å²) in [6, 6.07) is 1.07. The van der Waals surface area contributed by atoms with Crippen LogP contribution in [0.1, 0.15) is 50.3 Å². The largest absolute Gasteiger partial charge is 0.352 e. The molecule has 2 unspecified atom stereocenters. The number of hydrogen-bond acceptors (Lipinski definition) is 4. The summed E-state index contributed by atoms with van der Waals surface area (Å²) in [4.78, 5) is 11.7. The molecule has 0 amide bonds. The number of fused-ring (bicyclic) bond motifs is 1. The normalized spacial score (nSPS) is 24.3. The van der Waals surface area contributed by atoms with Crippen molar-refractivity contribution in [2.45, 2.75) is 64.0 Å². The predicted octanol–water partition coefficient (Wildman–Crippen LogP) is 2.32. The first kappa shape index (κ1) is 13.8. The van der Waals surface area contributed by atoms with Crippen LogP contribution in [0.2, 0.25) is 0 Å². The number of hydrogen-bond donors (Lipinski definition) is 1. The van der Waals surface area contributed by atoms with E-state index in [0.29, 0.717) is 12.1 Å². The first-order chi connectivity index (χ1) is 9.81. The quantitative estimate of drug-likeness (QED) is 0.918. The van der Waals surface area contributed by atoms with Gasteiger partial charge in [0.2, 0.25) is 0 Å². The Kier molecular flexibility index (Phi) is 4.20. The monoisotopic (exact) mass is 274 g/mol. The Hall–Kier alpha value is -1.16. The Bertz CT molecular complexity index is 460. The molecule has 0 aromatic carbocycles. The second-order valence-electron chi connectivity index (χ2n) is 6.16. The van der Waals surface area contributed by atoms with Gasteiger partial charge in [0.25, 0.3) is 0 Å². The van der Waals surface area contributed by atoms with Crippen molar-refractivity contribution in [2.24, 2.45) is 0 Å². The molecular formula is C16H26N4. The first-order valence-electron chi connectivity index (χ1n) is 8.08. The van der Waals surface area contributed by atoms with Gasteiger partial charge >= 0.3 is 0 Å². The maximum atomic E-state index is 4.67. The summed E-state index contributed by atoms with van der Waals surface area (Å²) in [5, 5.41) is 3.43. The fraction of sp³-hybridized carbons (Fsp3) is 0.750. The molecule has 1 fully saturated rings. The highest BCUT2D eigenvalue weighted by atomic mass is 15.2. The summed E-state index contributed by atoms with van der Waals surface area (Å²) in [7, 11) is 2.06. The summed E-state index contributed by atoms with van der Waals surface area (Å²) in [5.41, 5.74) is 2.72. The van der Waals surface area contributed by atoms with Gasteiger partial charge in [0.1, 0.15) is 12.1 Å². The minimum Gasteiger partial charge on any atom is -0.352 e.